The fraction of sp³-hybridized carbons (Fsp3) is 1.00. The first-order chi connectivity index (χ1) is 8.83. The summed E-state index contributed by atoms with van der Waals surface area (Å²) in [5, 5.41) is 10.5. The topological polar surface area (TPSA) is 23.5 Å². The monoisotopic (exact) mass is 253 g/mol. The van der Waals surface area contributed by atoms with E-state index in [1.54, 1.807) is 0 Å². The summed E-state index contributed by atoms with van der Waals surface area (Å²) in [5.74, 6) is 0. The molecule has 2 unspecified atom stereocenters. The standard InChI is InChI=1S/C16H31NO/c1-2-17(14-10-6-5-7-11-14)15-12-8-3-4-9-13-16(15)18/h14-16,18H,2-13H2,1H3. The highest BCUT2D eigenvalue weighted by Crippen LogP contribution is 2.29. The molecule has 0 radical (unpaired) electrons. The third kappa shape index (κ3) is 3.71. The highest BCUT2D eigenvalue weighted by Gasteiger charge is 2.31. The number of hydrogen-bond donors (Lipinski definition) is 1. The lowest BCUT2D eigenvalue weighted by Crippen LogP contribution is -2.50. The summed E-state index contributed by atoms with van der Waals surface area (Å²) in [5.41, 5.74) is 0. The molecule has 2 heteroatoms. The van der Waals surface area contributed by atoms with Crippen molar-refractivity contribution in [3.05, 3.63) is 0 Å². The molecule has 2 aliphatic carbocycles. The van der Waals surface area contributed by atoms with Gasteiger partial charge >= 0.3 is 0 Å². The van der Waals surface area contributed by atoms with Gasteiger partial charge in [-0.3, -0.25) is 4.90 Å². The van der Waals surface area contributed by atoms with Crippen molar-refractivity contribution in [2.24, 2.45) is 0 Å². The molecule has 2 atom stereocenters. The zero-order chi connectivity index (χ0) is 12.8. The molecule has 0 spiro atoms. The van der Waals surface area contributed by atoms with Crippen LogP contribution in [0.1, 0.15) is 77.6 Å². The summed E-state index contributed by atoms with van der Waals surface area (Å²) >= 11 is 0. The molecule has 0 aromatic rings. The van der Waals surface area contributed by atoms with Gasteiger partial charge in [-0.25, -0.2) is 0 Å². The third-order valence-corrected chi connectivity index (χ3v) is 5.03. The van der Waals surface area contributed by atoms with Crippen molar-refractivity contribution < 1.29 is 5.11 Å². The molecule has 0 amide bonds. The molecular weight excluding hydrogens is 222 g/mol. The molecule has 18 heavy (non-hydrogen) atoms. The number of likely N-dealkylation sites (N-methyl/N-ethyl adjacent to an activating group) is 1. The van der Waals surface area contributed by atoms with E-state index in [0.29, 0.717) is 6.04 Å². The minimum absolute atomic E-state index is 0.0767. The molecule has 0 aromatic heterocycles. The summed E-state index contributed by atoms with van der Waals surface area (Å²) < 4.78 is 0. The predicted molar refractivity (Wildman–Crippen MR) is 76.7 cm³/mol. The van der Waals surface area contributed by atoms with E-state index in [9.17, 15) is 5.11 Å². The van der Waals surface area contributed by atoms with E-state index in [4.69, 9.17) is 0 Å². The van der Waals surface area contributed by atoms with Crippen LogP contribution in [0.4, 0.5) is 0 Å². The van der Waals surface area contributed by atoms with Crippen molar-refractivity contribution in [2.45, 2.75) is 95.7 Å². The Labute approximate surface area is 113 Å². The van der Waals surface area contributed by atoms with E-state index in [1.165, 1.54) is 64.2 Å². The zero-order valence-corrected chi connectivity index (χ0v) is 12.1. The predicted octanol–water partition coefficient (Wildman–Crippen LogP) is 3.72. The van der Waals surface area contributed by atoms with E-state index in [0.717, 1.165) is 19.0 Å². The first-order valence-corrected chi connectivity index (χ1v) is 8.26. The zero-order valence-electron chi connectivity index (χ0n) is 12.1. The molecule has 0 aliphatic heterocycles. The van der Waals surface area contributed by atoms with Gasteiger partial charge in [-0.15, -0.1) is 0 Å². The Kier molecular flexibility index (Phi) is 5.97. The highest BCUT2D eigenvalue weighted by atomic mass is 16.3. The Hall–Kier alpha value is -0.0800. The Morgan fingerprint density at radius 1 is 0.833 bits per heavy atom. The van der Waals surface area contributed by atoms with Crippen LogP contribution in [0.5, 0.6) is 0 Å². The summed E-state index contributed by atoms with van der Waals surface area (Å²) in [7, 11) is 0. The average Bonchev–Trinajstić information content (AvgIpc) is 2.39. The average molecular weight is 253 g/mol. The lowest BCUT2D eigenvalue weighted by molar-refractivity contribution is 0.00253. The molecule has 1 N–H and O–H groups in total. The number of aliphatic hydroxyl groups is 1. The van der Waals surface area contributed by atoms with Crippen LogP contribution in [0.3, 0.4) is 0 Å². The summed E-state index contributed by atoms with van der Waals surface area (Å²) in [6, 6.07) is 1.20. The molecule has 0 aromatic carbocycles. The second kappa shape index (κ2) is 7.49. The molecule has 106 valence electrons. The van der Waals surface area contributed by atoms with Crippen LogP contribution in [-0.4, -0.2) is 34.7 Å². The number of hydrogen-bond acceptors (Lipinski definition) is 2. The first kappa shape index (κ1) is 14.3. The van der Waals surface area contributed by atoms with Crippen molar-refractivity contribution in [1.82, 2.24) is 4.90 Å². The van der Waals surface area contributed by atoms with Crippen molar-refractivity contribution in [2.75, 3.05) is 6.54 Å². The second-order valence-electron chi connectivity index (χ2n) is 6.25. The Balaban J connectivity index is 1.98. The third-order valence-electron chi connectivity index (χ3n) is 5.03. The fourth-order valence-electron chi connectivity index (χ4n) is 4.01. The maximum Gasteiger partial charge on any atom is 0.0695 e. The molecule has 2 rings (SSSR count). The molecule has 2 fully saturated rings. The van der Waals surface area contributed by atoms with Gasteiger partial charge in [-0.2, -0.15) is 0 Å². The summed E-state index contributed by atoms with van der Waals surface area (Å²) in [6.45, 7) is 3.40. The Morgan fingerprint density at radius 2 is 1.39 bits per heavy atom. The molecule has 0 heterocycles. The van der Waals surface area contributed by atoms with Gasteiger partial charge in [0.2, 0.25) is 0 Å². The van der Waals surface area contributed by atoms with Crippen molar-refractivity contribution >= 4 is 0 Å². The van der Waals surface area contributed by atoms with E-state index >= 15 is 0 Å². The van der Waals surface area contributed by atoms with Crippen LogP contribution in [0.2, 0.25) is 0 Å². The number of rotatable bonds is 3. The van der Waals surface area contributed by atoms with Crippen molar-refractivity contribution in [3.8, 4) is 0 Å². The normalized spacial score (nSPS) is 32.2. The van der Waals surface area contributed by atoms with Crippen LogP contribution in [0.25, 0.3) is 0 Å². The van der Waals surface area contributed by atoms with Gasteiger partial charge in [0.15, 0.2) is 0 Å². The maximum absolute atomic E-state index is 10.5. The van der Waals surface area contributed by atoms with Gasteiger partial charge in [0.25, 0.3) is 0 Å². The molecular formula is C16H31NO. The largest absolute Gasteiger partial charge is 0.391 e. The van der Waals surface area contributed by atoms with E-state index in [-0.39, 0.29) is 6.10 Å². The number of nitrogens with zero attached hydrogens (tertiary/aromatic N) is 1. The van der Waals surface area contributed by atoms with E-state index in [1.807, 2.05) is 0 Å². The smallest absolute Gasteiger partial charge is 0.0695 e. The Bertz CT molecular complexity index is 225. The minimum atomic E-state index is -0.0767. The van der Waals surface area contributed by atoms with Gasteiger partial charge in [0.05, 0.1) is 6.10 Å². The Morgan fingerprint density at radius 3 is 2.06 bits per heavy atom. The van der Waals surface area contributed by atoms with Crippen molar-refractivity contribution in [1.29, 1.82) is 0 Å². The maximum atomic E-state index is 10.5. The van der Waals surface area contributed by atoms with E-state index < -0.39 is 0 Å². The quantitative estimate of drug-likeness (QED) is 0.828. The molecule has 2 saturated carbocycles. The van der Waals surface area contributed by atoms with Crippen LogP contribution in [0, 0.1) is 0 Å². The summed E-state index contributed by atoms with van der Waals surface area (Å²) in [4.78, 5) is 2.65. The van der Waals surface area contributed by atoms with Crippen LogP contribution in [-0.2, 0) is 0 Å². The lowest BCUT2D eigenvalue weighted by Gasteiger charge is -2.42. The molecule has 2 nitrogen and oxygen atoms in total. The SMILES string of the molecule is CCN(C1CCCCC1)C1CCCCCCC1O. The van der Waals surface area contributed by atoms with Gasteiger partial charge < -0.3 is 5.11 Å². The van der Waals surface area contributed by atoms with Crippen LogP contribution >= 0.6 is 0 Å². The fourth-order valence-corrected chi connectivity index (χ4v) is 4.01. The van der Waals surface area contributed by atoms with Gasteiger partial charge in [-0.1, -0.05) is 51.9 Å². The molecule has 0 saturated heterocycles. The van der Waals surface area contributed by atoms with Gasteiger partial charge in [0, 0.05) is 12.1 Å². The molecule has 0 bridgehead atoms. The van der Waals surface area contributed by atoms with Crippen LogP contribution in [0.15, 0.2) is 0 Å². The minimum Gasteiger partial charge on any atom is -0.391 e. The second-order valence-corrected chi connectivity index (χ2v) is 6.25. The van der Waals surface area contributed by atoms with Gasteiger partial charge in [0.1, 0.15) is 0 Å². The molecule has 2 aliphatic rings. The highest BCUT2D eigenvalue weighted by molar-refractivity contribution is 4.86. The number of aliphatic hydroxyl groups excluding tert-OH is 1. The van der Waals surface area contributed by atoms with Crippen LogP contribution < -0.4 is 0 Å². The van der Waals surface area contributed by atoms with Crippen molar-refractivity contribution in [3.63, 3.8) is 0 Å². The van der Waals surface area contributed by atoms with E-state index in [2.05, 4.69) is 11.8 Å². The first-order valence-electron chi connectivity index (χ1n) is 8.26. The lowest BCUT2D eigenvalue weighted by atomic mass is 9.88. The summed E-state index contributed by atoms with van der Waals surface area (Å²) in [6.07, 6.45) is 14.3. The van der Waals surface area contributed by atoms with Gasteiger partial charge in [-0.05, 0) is 32.2 Å².